The molecule has 24 heavy (non-hydrogen) atoms. The Morgan fingerprint density at radius 3 is 2.67 bits per heavy atom. The van der Waals surface area contributed by atoms with Gasteiger partial charge in [-0.1, -0.05) is 24.3 Å². The molecular formula is C18H17F3N2O. The zero-order valence-electron chi connectivity index (χ0n) is 12.9. The van der Waals surface area contributed by atoms with Crippen LogP contribution in [0.4, 0.5) is 18.9 Å². The molecule has 0 aliphatic carbocycles. The average Bonchev–Trinajstić information content (AvgIpc) is 2.53. The van der Waals surface area contributed by atoms with Crippen LogP contribution < -0.4 is 5.73 Å². The van der Waals surface area contributed by atoms with Crippen LogP contribution in [0.15, 0.2) is 42.5 Å². The van der Waals surface area contributed by atoms with Gasteiger partial charge in [0, 0.05) is 18.8 Å². The molecule has 1 aliphatic heterocycles. The van der Waals surface area contributed by atoms with E-state index in [1.54, 1.807) is 17.0 Å². The van der Waals surface area contributed by atoms with Crippen molar-refractivity contribution in [3.05, 3.63) is 64.7 Å². The van der Waals surface area contributed by atoms with Crippen molar-refractivity contribution in [2.75, 3.05) is 12.3 Å². The maximum atomic E-state index is 12.8. The molecule has 1 aliphatic rings. The van der Waals surface area contributed by atoms with Gasteiger partial charge in [-0.15, -0.1) is 0 Å². The van der Waals surface area contributed by atoms with Crippen molar-refractivity contribution >= 4 is 11.6 Å². The number of halogens is 3. The number of nitrogen functional groups attached to an aromatic ring is 1. The number of nitrogens with zero attached hydrogens (tertiary/aromatic N) is 1. The molecular weight excluding hydrogens is 317 g/mol. The fourth-order valence-corrected chi connectivity index (χ4v) is 2.93. The summed E-state index contributed by atoms with van der Waals surface area (Å²) in [4.78, 5) is 14.1. The van der Waals surface area contributed by atoms with Gasteiger partial charge in [0.2, 0.25) is 5.91 Å². The van der Waals surface area contributed by atoms with Crippen LogP contribution in [0.3, 0.4) is 0 Å². The summed E-state index contributed by atoms with van der Waals surface area (Å²) in [6.07, 6.45) is -3.73. The Morgan fingerprint density at radius 1 is 1.12 bits per heavy atom. The van der Waals surface area contributed by atoms with Crippen molar-refractivity contribution in [2.45, 2.75) is 25.6 Å². The Bertz CT molecular complexity index is 771. The number of carbonyl (C=O) groups is 1. The third-order valence-corrected chi connectivity index (χ3v) is 4.20. The summed E-state index contributed by atoms with van der Waals surface area (Å²) in [5, 5.41) is 0. The topological polar surface area (TPSA) is 46.3 Å². The van der Waals surface area contributed by atoms with Crippen LogP contribution in [-0.2, 0) is 30.4 Å². The first-order chi connectivity index (χ1) is 11.3. The fourth-order valence-electron chi connectivity index (χ4n) is 2.93. The molecule has 0 unspecified atom stereocenters. The van der Waals surface area contributed by atoms with Crippen LogP contribution in [0.1, 0.15) is 22.3 Å². The van der Waals surface area contributed by atoms with Crippen molar-refractivity contribution in [3.63, 3.8) is 0 Å². The molecule has 0 fully saturated rings. The summed E-state index contributed by atoms with van der Waals surface area (Å²) in [6, 6.07) is 10.5. The van der Waals surface area contributed by atoms with Gasteiger partial charge in [0.25, 0.3) is 0 Å². The number of nitrogens with two attached hydrogens (primary N) is 1. The van der Waals surface area contributed by atoms with Crippen molar-refractivity contribution in [3.8, 4) is 0 Å². The quantitative estimate of drug-likeness (QED) is 0.856. The second-order valence-corrected chi connectivity index (χ2v) is 5.97. The number of anilines is 1. The lowest BCUT2D eigenvalue weighted by Crippen LogP contribution is -2.37. The van der Waals surface area contributed by atoms with Gasteiger partial charge in [-0.2, -0.15) is 13.2 Å². The molecule has 126 valence electrons. The molecule has 2 N–H and O–H groups in total. The van der Waals surface area contributed by atoms with Gasteiger partial charge in [0.15, 0.2) is 0 Å². The third-order valence-electron chi connectivity index (χ3n) is 4.20. The number of fused-ring (bicyclic) bond motifs is 1. The highest BCUT2D eigenvalue weighted by atomic mass is 19.4. The van der Waals surface area contributed by atoms with Gasteiger partial charge < -0.3 is 10.6 Å². The molecule has 0 radical (unpaired) electrons. The van der Waals surface area contributed by atoms with Gasteiger partial charge >= 0.3 is 6.18 Å². The number of amides is 1. The zero-order valence-corrected chi connectivity index (χ0v) is 12.9. The largest absolute Gasteiger partial charge is 0.416 e. The molecule has 0 spiro atoms. The Balaban J connectivity index is 1.71. The number of alkyl halides is 3. The van der Waals surface area contributed by atoms with Crippen molar-refractivity contribution in [1.29, 1.82) is 0 Å². The number of benzene rings is 2. The van der Waals surface area contributed by atoms with E-state index in [1.165, 1.54) is 6.07 Å². The molecule has 1 heterocycles. The number of rotatable bonds is 2. The number of carbonyl (C=O) groups excluding carboxylic acids is 1. The molecule has 3 nitrogen and oxygen atoms in total. The smallest absolute Gasteiger partial charge is 0.399 e. The van der Waals surface area contributed by atoms with Crippen molar-refractivity contribution in [2.24, 2.45) is 0 Å². The van der Waals surface area contributed by atoms with Gasteiger partial charge in [-0.05, 0) is 41.3 Å². The van der Waals surface area contributed by atoms with E-state index in [9.17, 15) is 18.0 Å². The Hall–Kier alpha value is -2.50. The SMILES string of the molecule is Nc1ccc2c(c1)CCN(C(=O)Cc1cccc(C(F)(F)F)c1)C2. The number of hydrogen-bond acceptors (Lipinski definition) is 2. The summed E-state index contributed by atoms with van der Waals surface area (Å²) in [5.41, 5.74) is 8.25. The van der Waals surface area contributed by atoms with E-state index in [2.05, 4.69) is 0 Å². The molecule has 2 aromatic rings. The number of hydrogen-bond donors (Lipinski definition) is 1. The van der Waals surface area contributed by atoms with E-state index in [4.69, 9.17) is 5.73 Å². The van der Waals surface area contributed by atoms with Gasteiger partial charge in [-0.3, -0.25) is 4.79 Å². The standard InChI is InChI=1S/C18H17F3N2O/c19-18(20,21)15-3-1-2-12(8-15)9-17(24)23-7-6-13-10-16(22)5-4-14(13)11-23/h1-5,8,10H,6-7,9,11,22H2. The summed E-state index contributed by atoms with van der Waals surface area (Å²) in [7, 11) is 0. The Morgan fingerprint density at radius 2 is 1.92 bits per heavy atom. The normalized spacial score (nSPS) is 14.4. The van der Waals surface area contributed by atoms with Crippen LogP contribution in [0.2, 0.25) is 0 Å². The highest BCUT2D eigenvalue weighted by Gasteiger charge is 2.30. The molecule has 0 saturated carbocycles. The first kappa shape index (κ1) is 16.4. The fraction of sp³-hybridized carbons (Fsp3) is 0.278. The van der Waals surface area contributed by atoms with Gasteiger partial charge in [0.1, 0.15) is 0 Å². The van der Waals surface area contributed by atoms with Crippen LogP contribution in [0.5, 0.6) is 0 Å². The van der Waals surface area contributed by atoms with Gasteiger partial charge in [0.05, 0.1) is 12.0 Å². The van der Waals surface area contributed by atoms with E-state index in [0.717, 1.165) is 23.3 Å². The zero-order chi connectivity index (χ0) is 17.3. The lowest BCUT2D eigenvalue weighted by Gasteiger charge is -2.29. The average molecular weight is 334 g/mol. The highest BCUT2D eigenvalue weighted by molar-refractivity contribution is 5.79. The van der Waals surface area contributed by atoms with Crippen molar-refractivity contribution < 1.29 is 18.0 Å². The minimum Gasteiger partial charge on any atom is -0.399 e. The second kappa shape index (κ2) is 6.19. The van der Waals surface area contributed by atoms with Crippen LogP contribution in [0.25, 0.3) is 0 Å². The maximum absolute atomic E-state index is 12.8. The van der Waals surface area contributed by atoms with Gasteiger partial charge in [-0.25, -0.2) is 0 Å². The molecule has 0 bridgehead atoms. The highest BCUT2D eigenvalue weighted by Crippen LogP contribution is 2.30. The first-order valence-corrected chi connectivity index (χ1v) is 7.64. The predicted octanol–water partition coefficient (Wildman–Crippen LogP) is 3.42. The minimum atomic E-state index is -4.40. The van der Waals surface area contributed by atoms with E-state index >= 15 is 0 Å². The summed E-state index contributed by atoms with van der Waals surface area (Å²) < 4.78 is 38.3. The lowest BCUT2D eigenvalue weighted by atomic mass is 9.98. The minimum absolute atomic E-state index is 0.0335. The first-order valence-electron chi connectivity index (χ1n) is 7.64. The lowest BCUT2D eigenvalue weighted by molar-refractivity contribution is -0.138. The van der Waals surface area contributed by atoms with Crippen LogP contribution >= 0.6 is 0 Å². The molecule has 6 heteroatoms. The maximum Gasteiger partial charge on any atom is 0.416 e. The molecule has 0 saturated heterocycles. The molecule has 2 aromatic carbocycles. The molecule has 3 rings (SSSR count). The van der Waals surface area contributed by atoms with Crippen molar-refractivity contribution in [1.82, 2.24) is 4.90 Å². The Kier molecular flexibility index (Phi) is 4.22. The van der Waals surface area contributed by atoms with E-state index < -0.39 is 11.7 Å². The van der Waals surface area contributed by atoms with E-state index in [1.807, 2.05) is 12.1 Å². The Labute approximate surface area is 137 Å². The third kappa shape index (κ3) is 3.53. The monoisotopic (exact) mass is 334 g/mol. The molecule has 1 amide bonds. The molecule has 0 atom stereocenters. The second-order valence-electron chi connectivity index (χ2n) is 5.97. The van der Waals surface area contributed by atoms with Crippen LogP contribution in [0, 0.1) is 0 Å². The van der Waals surface area contributed by atoms with E-state index in [0.29, 0.717) is 30.8 Å². The summed E-state index contributed by atoms with van der Waals surface area (Å²) in [6.45, 7) is 1.02. The van der Waals surface area contributed by atoms with Crippen LogP contribution in [-0.4, -0.2) is 17.4 Å². The predicted molar refractivity (Wildman–Crippen MR) is 85.1 cm³/mol. The summed E-state index contributed by atoms with van der Waals surface area (Å²) >= 11 is 0. The summed E-state index contributed by atoms with van der Waals surface area (Å²) in [5.74, 6) is -0.170. The van der Waals surface area contributed by atoms with E-state index in [-0.39, 0.29) is 12.3 Å². The molecule has 0 aromatic heterocycles.